The maximum Gasteiger partial charge on any atom is 0.308 e. The van der Waals surface area contributed by atoms with Crippen LogP contribution < -0.4 is 10.1 Å². The number of nitrogens with one attached hydrogen (secondary N) is 1. The van der Waals surface area contributed by atoms with Crippen LogP contribution in [0, 0.1) is 13.8 Å². The number of carbonyl (C=O) groups is 3. The van der Waals surface area contributed by atoms with E-state index in [0.29, 0.717) is 25.4 Å². The molecule has 1 heterocycles. The van der Waals surface area contributed by atoms with Crippen molar-refractivity contribution in [2.24, 2.45) is 0 Å². The number of rotatable bonds is 16. The zero-order chi connectivity index (χ0) is 26.3. The second-order valence-electron chi connectivity index (χ2n) is 9.93. The van der Waals surface area contributed by atoms with E-state index in [2.05, 4.69) is 12.2 Å². The quantitative estimate of drug-likeness (QED) is 0.246. The third-order valence-electron chi connectivity index (χ3n) is 6.79. The van der Waals surface area contributed by atoms with Crippen LogP contribution in [0.1, 0.15) is 95.6 Å². The number of unbranched alkanes of at least 4 members (excludes halogenated alkanes) is 9. The van der Waals surface area contributed by atoms with Crippen molar-refractivity contribution >= 4 is 17.8 Å². The minimum absolute atomic E-state index is 0.147. The summed E-state index contributed by atoms with van der Waals surface area (Å²) < 4.78 is 11.4. The number of benzene rings is 1. The summed E-state index contributed by atoms with van der Waals surface area (Å²) in [4.78, 5) is 39.7. The summed E-state index contributed by atoms with van der Waals surface area (Å²) in [6.45, 7) is 8.82. The molecule has 1 aliphatic heterocycles. The first-order valence-electron chi connectivity index (χ1n) is 13.8. The second kappa shape index (κ2) is 16.2. The number of para-hydroxylation sites is 1. The standard InChI is InChI=1S/C29H46N2O5/c1-5-6-7-8-9-10-11-12-13-14-20-35-26(32)21-25-28(33)30-18-19-31(25)29(34)24(4)36-27-22(2)16-15-17-23(27)3/h15-17,24-25H,5-14,18-21H2,1-4H3,(H,30,33). The van der Waals surface area contributed by atoms with Crippen molar-refractivity contribution < 1.29 is 23.9 Å². The lowest BCUT2D eigenvalue weighted by Crippen LogP contribution is -2.60. The van der Waals surface area contributed by atoms with Gasteiger partial charge in [-0.15, -0.1) is 0 Å². The summed E-state index contributed by atoms with van der Waals surface area (Å²) >= 11 is 0. The zero-order valence-corrected chi connectivity index (χ0v) is 22.8. The summed E-state index contributed by atoms with van der Waals surface area (Å²) in [5.41, 5.74) is 1.89. The molecule has 0 saturated carbocycles. The Balaban J connectivity index is 1.75. The van der Waals surface area contributed by atoms with E-state index >= 15 is 0 Å². The minimum atomic E-state index is -0.879. The first-order chi connectivity index (χ1) is 17.3. The van der Waals surface area contributed by atoms with E-state index in [1.165, 1.54) is 49.8 Å². The molecule has 1 fully saturated rings. The van der Waals surface area contributed by atoms with E-state index in [-0.39, 0.29) is 18.2 Å². The topological polar surface area (TPSA) is 84.9 Å². The first kappa shape index (κ1) is 29.7. The molecule has 2 amide bonds. The van der Waals surface area contributed by atoms with Crippen LogP contribution in [0.15, 0.2) is 18.2 Å². The molecule has 1 N–H and O–H groups in total. The third-order valence-corrected chi connectivity index (χ3v) is 6.79. The summed E-state index contributed by atoms with van der Waals surface area (Å²) in [6, 6.07) is 4.93. The Morgan fingerprint density at radius 3 is 2.19 bits per heavy atom. The van der Waals surface area contributed by atoms with Gasteiger partial charge in [0, 0.05) is 13.1 Å². The van der Waals surface area contributed by atoms with Gasteiger partial charge in [-0.25, -0.2) is 0 Å². The predicted molar refractivity (Wildman–Crippen MR) is 142 cm³/mol. The molecule has 1 aliphatic rings. The van der Waals surface area contributed by atoms with Crippen LogP contribution >= 0.6 is 0 Å². The summed E-state index contributed by atoms with van der Waals surface area (Å²) in [5, 5.41) is 2.76. The summed E-state index contributed by atoms with van der Waals surface area (Å²) in [5.74, 6) is -0.411. The zero-order valence-electron chi connectivity index (χ0n) is 22.8. The average molecular weight is 503 g/mol. The highest BCUT2D eigenvalue weighted by molar-refractivity contribution is 5.93. The lowest BCUT2D eigenvalue weighted by Gasteiger charge is -2.36. The molecule has 1 saturated heterocycles. The molecule has 0 aromatic heterocycles. The summed E-state index contributed by atoms with van der Waals surface area (Å²) in [6.07, 6.45) is 11.2. The van der Waals surface area contributed by atoms with Gasteiger partial charge in [0.15, 0.2) is 6.10 Å². The van der Waals surface area contributed by atoms with E-state index in [4.69, 9.17) is 9.47 Å². The van der Waals surface area contributed by atoms with Crippen molar-refractivity contribution in [1.29, 1.82) is 0 Å². The fourth-order valence-electron chi connectivity index (χ4n) is 4.62. The van der Waals surface area contributed by atoms with Crippen LogP contribution in [0.3, 0.4) is 0 Å². The maximum absolute atomic E-state index is 13.2. The van der Waals surface area contributed by atoms with Crippen molar-refractivity contribution in [2.45, 2.75) is 110 Å². The molecular weight excluding hydrogens is 456 g/mol. The number of carbonyl (C=O) groups excluding carboxylic acids is 3. The van der Waals surface area contributed by atoms with Gasteiger partial charge >= 0.3 is 5.97 Å². The number of amides is 2. The highest BCUT2D eigenvalue weighted by Gasteiger charge is 2.37. The van der Waals surface area contributed by atoms with Crippen molar-refractivity contribution in [3.8, 4) is 5.75 Å². The largest absolute Gasteiger partial charge is 0.480 e. The predicted octanol–water partition coefficient (Wildman–Crippen LogP) is 5.25. The van der Waals surface area contributed by atoms with Gasteiger partial charge in [-0.3, -0.25) is 14.4 Å². The number of nitrogens with zero attached hydrogens (tertiary/aromatic N) is 1. The fraction of sp³-hybridized carbons (Fsp3) is 0.690. The fourth-order valence-corrected chi connectivity index (χ4v) is 4.62. The number of ether oxygens (including phenoxy) is 2. The molecule has 2 rings (SSSR count). The molecule has 0 aliphatic carbocycles. The van der Waals surface area contributed by atoms with Gasteiger partial charge in [0.05, 0.1) is 13.0 Å². The number of hydrogen-bond acceptors (Lipinski definition) is 5. The second-order valence-corrected chi connectivity index (χ2v) is 9.93. The van der Waals surface area contributed by atoms with E-state index < -0.39 is 18.1 Å². The van der Waals surface area contributed by atoms with Crippen molar-refractivity contribution in [3.05, 3.63) is 29.3 Å². The van der Waals surface area contributed by atoms with E-state index in [1.807, 2.05) is 32.0 Å². The number of hydrogen-bond donors (Lipinski definition) is 1. The molecule has 7 heteroatoms. The van der Waals surface area contributed by atoms with Gasteiger partial charge < -0.3 is 19.7 Å². The SMILES string of the molecule is CCCCCCCCCCCCOC(=O)CC1C(=O)NCCN1C(=O)C(C)Oc1c(C)cccc1C. The smallest absolute Gasteiger partial charge is 0.308 e. The van der Waals surface area contributed by atoms with Crippen molar-refractivity contribution in [2.75, 3.05) is 19.7 Å². The molecule has 1 aromatic carbocycles. The van der Waals surface area contributed by atoms with Crippen molar-refractivity contribution in [3.63, 3.8) is 0 Å². The van der Waals surface area contributed by atoms with E-state index in [9.17, 15) is 14.4 Å². The third kappa shape index (κ3) is 9.82. The number of aryl methyl sites for hydroxylation is 2. The Labute approximate surface area is 217 Å². The van der Waals surface area contributed by atoms with Gasteiger partial charge in [0.2, 0.25) is 5.91 Å². The molecular formula is C29H46N2O5. The van der Waals surface area contributed by atoms with E-state index in [0.717, 1.165) is 30.4 Å². The lowest BCUT2D eigenvalue weighted by molar-refractivity contribution is -0.154. The molecule has 7 nitrogen and oxygen atoms in total. The van der Waals surface area contributed by atoms with Gasteiger partial charge in [0.25, 0.3) is 5.91 Å². The molecule has 0 bridgehead atoms. The molecule has 1 aromatic rings. The Bertz CT molecular complexity index is 821. The number of esters is 1. The monoisotopic (exact) mass is 502 g/mol. The molecule has 36 heavy (non-hydrogen) atoms. The minimum Gasteiger partial charge on any atom is -0.480 e. The molecule has 2 atom stereocenters. The van der Waals surface area contributed by atoms with E-state index in [1.54, 1.807) is 6.92 Å². The van der Waals surface area contributed by atoms with Crippen LogP contribution in [-0.2, 0) is 19.1 Å². The highest BCUT2D eigenvalue weighted by atomic mass is 16.5. The normalized spacial score (nSPS) is 16.4. The Morgan fingerprint density at radius 2 is 1.58 bits per heavy atom. The van der Waals surface area contributed by atoms with Gasteiger partial charge in [-0.1, -0.05) is 82.9 Å². The van der Waals surface area contributed by atoms with Crippen LogP contribution in [-0.4, -0.2) is 54.5 Å². The van der Waals surface area contributed by atoms with Gasteiger partial charge in [-0.05, 0) is 38.3 Å². The van der Waals surface area contributed by atoms with Crippen LogP contribution in [0.2, 0.25) is 0 Å². The van der Waals surface area contributed by atoms with Crippen LogP contribution in [0.25, 0.3) is 0 Å². The molecule has 202 valence electrons. The Kier molecular flexibility index (Phi) is 13.4. The molecule has 0 radical (unpaired) electrons. The van der Waals surface area contributed by atoms with Crippen LogP contribution in [0.5, 0.6) is 5.75 Å². The van der Waals surface area contributed by atoms with Crippen molar-refractivity contribution in [1.82, 2.24) is 10.2 Å². The van der Waals surface area contributed by atoms with Gasteiger partial charge in [0.1, 0.15) is 11.8 Å². The summed E-state index contributed by atoms with van der Waals surface area (Å²) in [7, 11) is 0. The highest BCUT2D eigenvalue weighted by Crippen LogP contribution is 2.24. The maximum atomic E-state index is 13.2. The molecule has 0 spiro atoms. The molecule has 2 unspecified atom stereocenters. The Morgan fingerprint density at radius 1 is 1.00 bits per heavy atom. The Hall–Kier alpha value is -2.57. The first-order valence-corrected chi connectivity index (χ1v) is 13.8. The van der Waals surface area contributed by atoms with Crippen LogP contribution in [0.4, 0.5) is 0 Å². The lowest BCUT2D eigenvalue weighted by atomic mass is 10.1. The number of piperazine rings is 1. The van der Waals surface area contributed by atoms with Gasteiger partial charge in [-0.2, -0.15) is 0 Å². The average Bonchev–Trinajstić information content (AvgIpc) is 2.85.